The zero-order chi connectivity index (χ0) is 14.8. The molecule has 5 aromatic rings. The SMILES string of the molecule is O=c1[nH][nH]c(=O)c2c1cc1ccc3cccc4ccc2c1c34. The highest BCUT2D eigenvalue weighted by atomic mass is 16.1. The van der Waals surface area contributed by atoms with Crippen LogP contribution in [0.5, 0.6) is 0 Å². The number of nitrogens with one attached hydrogen (secondary N) is 2. The number of benzene rings is 4. The molecule has 0 aliphatic heterocycles. The van der Waals surface area contributed by atoms with E-state index in [4.69, 9.17) is 0 Å². The average Bonchev–Trinajstić information content (AvgIpc) is 2.55. The number of fused-ring (bicyclic) bond motifs is 2. The lowest BCUT2D eigenvalue weighted by atomic mass is 9.92. The van der Waals surface area contributed by atoms with E-state index in [9.17, 15) is 9.59 Å². The molecule has 4 heteroatoms. The summed E-state index contributed by atoms with van der Waals surface area (Å²) >= 11 is 0. The van der Waals surface area contributed by atoms with Crippen LogP contribution in [0, 0.1) is 0 Å². The maximum atomic E-state index is 12.3. The second-order valence-corrected chi connectivity index (χ2v) is 5.56. The molecular formula is C18H10N2O2. The van der Waals surface area contributed by atoms with Crippen LogP contribution in [0.25, 0.3) is 43.1 Å². The van der Waals surface area contributed by atoms with E-state index in [0.29, 0.717) is 10.8 Å². The Labute approximate surface area is 123 Å². The minimum absolute atomic E-state index is 0.271. The van der Waals surface area contributed by atoms with Gasteiger partial charge in [-0.15, -0.1) is 0 Å². The van der Waals surface area contributed by atoms with Gasteiger partial charge in [0.05, 0.1) is 10.8 Å². The smallest absolute Gasteiger partial charge is 0.267 e. The maximum Gasteiger partial charge on any atom is 0.271 e. The lowest BCUT2D eigenvalue weighted by Gasteiger charge is -2.12. The van der Waals surface area contributed by atoms with E-state index in [1.165, 1.54) is 0 Å². The molecule has 0 radical (unpaired) electrons. The summed E-state index contributed by atoms with van der Waals surface area (Å²) in [4.78, 5) is 24.3. The van der Waals surface area contributed by atoms with Gasteiger partial charge in [-0.2, -0.15) is 0 Å². The Hall–Kier alpha value is -3.14. The molecule has 0 fully saturated rings. The highest BCUT2D eigenvalue weighted by Gasteiger charge is 2.14. The molecule has 0 bridgehead atoms. The molecule has 104 valence electrons. The Morgan fingerprint density at radius 3 is 2.09 bits per heavy atom. The van der Waals surface area contributed by atoms with Crippen molar-refractivity contribution in [2.24, 2.45) is 0 Å². The Morgan fingerprint density at radius 1 is 0.591 bits per heavy atom. The fourth-order valence-electron chi connectivity index (χ4n) is 3.48. The summed E-state index contributed by atoms with van der Waals surface area (Å²) < 4.78 is 0. The van der Waals surface area contributed by atoms with Crippen molar-refractivity contribution >= 4 is 43.1 Å². The maximum absolute atomic E-state index is 12.3. The summed E-state index contributed by atoms with van der Waals surface area (Å²) in [6.45, 7) is 0. The molecule has 0 spiro atoms. The molecule has 22 heavy (non-hydrogen) atoms. The number of hydrogen-bond acceptors (Lipinski definition) is 2. The van der Waals surface area contributed by atoms with Gasteiger partial charge < -0.3 is 0 Å². The zero-order valence-corrected chi connectivity index (χ0v) is 11.4. The summed E-state index contributed by atoms with van der Waals surface area (Å²) in [5.41, 5.74) is -0.548. The predicted molar refractivity (Wildman–Crippen MR) is 88.9 cm³/mol. The number of rotatable bonds is 0. The first-order valence-corrected chi connectivity index (χ1v) is 7.05. The van der Waals surface area contributed by atoms with Crippen molar-refractivity contribution in [3.8, 4) is 0 Å². The van der Waals surface area contributed by atoms with Gasteiger partial charge in [-0.05, 0) is 38.4 Å². The first kappa shape index (κ1) is 11.5. The monoisotopic (exact) mass is 286 g/mol. The number of aromatic amines is 2. The molecule has 1 aromatic heterocycles. The van der Waals surface area contributed by atoms with Crippen molar-refractivity contribution in [1.29, 1.82) is 0 Å². The summed E-state index contributed by atoms with van der Waals surface area (Å²) in [5.74, 6) is 0. The normalized spacial score (nSPS) is 12.0. The van der Waals surface area contributed by atoms with Crippen LogP contribution in [0.3, 0.4) is 0 Å². The Kier molecular flexibility index (Phi) is 1.96. The highest BCUT2D eigenvalue weighted by molar-refractivity contribution is 6.28. The quantitative estimate of drug-likeness (QED) is 0.339. The van der Waals surface area contributed by atoms with E-state index < -0.39 is 0 Å². The molecule has 0 aliphatic rings. The molecular weight excluding hydrogens is 276 g/mol. The van der Waals surface area contributed by atoms with E-state index >= 15 is 0 Å². The number of H-pyrrole nitrogens is 2. The van der Waals surface area contributed by atoms with E-state index in [1.807, 2.05) is 24.3 Å². The van der Waals surface area contributed by atoms with Crippen molar-refractivity contribution in [2.75, 3.05) is 0 Å². The average molecular weight is 286 g/mol. The summed E-state index contributed by atoms with van der Waals surface area (Å²) in [6, 6.07) is 15.9. The van der Waals surface area contributed by atoms with E-state index in [1.54, 1.807) is 6.07 Å². The minimum atomic E-state index is -0.278. The van der Waals surface area contributed by atoms with Crippen LogP contribution >= 0.6 is 0 Å². The lowest BCUT2D eigenvalue weighted by Crippen LogP contribution is -2.19. The number of aromatic nitrogens is 2. The molecule has 4 aromatic carbocycles. The van der Waals surface area contributed by atoms with E-state index in [0.717, 1.165) is 32.3 Å². The highest BCUT2D eigenvalue weighted by Crippen LogP contribution is 2.36. The lowest BCUT2D eigenvalue weighted by molar-refractivity contribution is 0.978. The molecule has 2 N–H and O–H groups in total. The second-order valence-electron chi connectivity index (χ2n) is 5.56. The van der Waals surface area contributed by atoms with Gasteiger partial charge in [0.2, 0.25) is 0 Å². The molecule has 0 aliphatic carbocycles. The Morgan fingerprint density at radius 2 is 1.27 bits per heavy atom. The first-order valence-electron chi connectivity index (χ1n) is 7.05. The summed E-state index contributed by atoms with van der Waals surface area (Å²) in [6.07, 6.45) is 0. The van der Waals surface area contributed by atoms with Gasteiger partial charge in [-0.3, -0.25) is 19.8 Å². The minimum Gasteiger partial charge on any atom is -0.267 e. The summed E-state index contributed by atoms with van der Waals surface area (Å²) in [7, 11) is 0. The van der Waals surface area contributed by atoms with Crippen LogP contribution < -0.4 is 11.1 Å². The van der Waals surface area contributed by atoms with Crippen molar-refractivity contribution in [1.82, 2.24) is 10.2 Å². The topological polar surface area (TPSA) is 65.7 Å². The fraction of sp³-hybridized carbons (Fsp3) is 0. The van der Waals surface area contributed by atoms with Gasteiger partial charge in [0.25, 0.3) is 11.1 Å². The third-order valence-corrected chi connectivity index (χ3v) is 4.41. The number of hydrogen-bond donors (Lipinski definition) is 2. The largest absolute Gasteiger partial charge is 0.271 e. The van der Waals surface area contributed by atoms with E-state index in [2.05, 4.69) is 28.4 Å². The van der Waals surface area contributed by atoms with Crippen LogP contribution in [-0.4, -0.2) is 10.2 Å². The molecule has 0 unspecified atom stereocenters. The van der Waals surface area contributed by atoms with Gasteiger partial charge in [0, 0.05) is 0 Å². The van der Waals surface area contributed by atoms with Gasteiger partial charge in [0.15, 0.2) is 0 Å². The van der Waals surface area contributed by atoms with Crippen molar-refractivity contribution in [2.45, 2.75) is 0 Å². The van der Waals surface area contributed by atoms with Gasteiger partial charge in [0.1, 0.15) is 0 Å². The van der Waals surface area contributed by atoms with Gasteiger partial charge >= 0.3 is 0 Å². The van der Waals surface area contributed by atoms with Crippen LogP contribution in [0.1, 0.15) is 0 Å². The van der Waals surface area contributed by atoms with Gasteiger partial charge in [-0.1, -0.05) is 42.5 Å². The first-order chi connectivity index (χ1) is 10.7. The molecule has 0 saturated heterocycles. The van der Waals surface area contributed by atoms with Crippen LogP contribution in [0.15, 0.2) is 58.1 Å². The Balaban J connectivity index is 2.28. The molecule has 4 nitrogen and oxygen atoms in total. The standard InChI is InChI=1S/C18H10N2O2/c21-17-13-8-11-5-4-9-2-1-3-10-6-7-12(15(11)14(9)10)16(13)18(22)20-19-17/h1-8H,(H,19,21)(H,20,22). The van der Waals surface area contributed by atoms with Crippen molar-refractivity contribution in [3.05, 3.63) is 69.2 Å². The molecule has 0 atom stereocenters. The molecule has 1 heterocycles. The third-order valence-electron chi connectivity index (χ3n) is 4.41. The van der Waals surface area contributed by atoms with Crippen molar-refractivity contribution in [3.63, 3.8) is 0 Å². The Bertz CT molecular complexity index is 1300. The zero-order valence-electron chi connectivity index (χ0n) is 11.4. The molecule has 0 saturated carbocycles. The van der Waals surface area contributed by atoms with Crippen LogP contribution in [-0.2, 0) is 0 Å². The second kappa shape index (κ2) is 3.74. The third kappa shape index (κ3) is 1.27. The molecule has 0 amide bonds. The van der Waals surface area contributed by atoms with Gasteiger partial charge in [-0.25, -0.2) is 0 Å². The van der Waals surface area contributed by atoms with Crippen LogP contribution in [0.2, 0.25) is 0 Å². The van der Waals surface area contributed by atoms with E-state index in [-0.39, 0.29) is 11.1 Å². The fourth-order valence-corrected chi connectivity index (χ4v) is 3.48. The van der Waals surface area contributed by atoms with Crippen LogP contribution in [0.4, 0.5) is 0 Å². The molecule has 5 rings (SSSR count). The predicted octanol–water partition coefficient (Wildman–Crippen LogP) is 3.11. The summed E-state index contributed by atoms with van der Waals surface area (Å²) in [5, 5.41) is 11.9. The van der Waals surface area contributed by atoms with Crippen molar-refractivity contribution < 1.29 is 0 Å².